The van der Waals surface area contributed by atoms with Crippen molar-refractivity contribution < 1.29 is 0 Å². The molecule has 0 saturated carbocycles. The van der Waals surface area contributed by atoms with Crippen LogP contribution in [-0.4, -0.2) is 9.61 Å². The lowest BCUT2D eigenvalue weighted by atomic mass is 9.74. The first-order chi connectivity index (χ1) is 10.7. The minimum absolute atomic E-state index is 0.270. The fourth-order valence-electron chi connectivity index (χ4n) is 3.50. The summed E-state index contributed by atoms with van der Waals surface area (Å²) in [5, 5.41) is 4.57. The van der Waals surface area contributed by atoms with Gasteiger partial charge in [-0.15, -0.1) is 0 Å². The Labute approximate surface area is 135 Å². The SMILES string of the molecule is CCCCCCC(C)(CCCCC)c1cnn2ccccc12. The first-order valence-corrected chi connectivity index (χ1v) is 9.14. The maximum absolute atomic E-state index is 4.57. The Balaban J connectivity index is 2.18. The highest BCUT2D eigenvalue weighted by atomic mass is 15.2. The summed E-state index contributed by atoms with van der Waals surface area (Å²) >= 11 is 0. The smallest absolute Gasteiger partial charge is 0.0699 e. The molecule has 2 heterocycles. The van der Waals surface area contributed by atoms with Crippen molar-refractivity contribution in [3.05, 3.63) is 36.2 Å². The van der Waals surface area contributed by atoms with E-state index in [-0.39, 0.29) is 5.41 Å². The molecule has 0 spiro atoms. The standard InChI is InChI=1S/C20H32N2/c1-4-6-8-11-15-20(3,14-10-7-5-2)18-17-21-22-16-12-9-13-19(18)22/h9,12-13,16-17H,4-8,10-11,14-15H2,1-3H3. The lowest BCUT2D eigenvalue weighted by Crippen LogP contribution is -2.22. The molecule has 0 aliphatic carbocycles. The van der Waals surface area contributed by atoms with Crippen molar-refractivity contribution >= 4 is 5.52 Å². The van der Waals surface area contributed by atoms with Crippen LogP contribution in [0.1, 0.15) is 84.1 Å². The molecule has 1 unspecified atom stereocenters. The Morgan fingerprint density at radius 2 is 1.64 bits per heavy atom. The Morgan fingerprint density at radius 3 is 2.36 bits per heavy atom. The van der Waals surface area contributed by atoms with E-state index < -0.39 is 0 Å². The van der Waals surface area contributed by atoms with Crippen molar-refractivity contribution in [1.82, 2.24) is 9.61 Å². The van der Waals surface area contributed by atoms with Crippen molar-refractivity contribution in [2.24, 2.45) is 0 Å². The Hall–Kier alpha value is -1.31. The molecule has 0 N–H and O–H groups in total. The molecule has 0 saturated heterocycles. The van der Waals surface area contributed by atoms with Crippen LogP contribution < -0.4 is 0 Å². The number of fused-ring (bicyclic) bond motifs is 1. The topological polar surface area (TPSA) is 17.3 Å². The van der Waals surface area contributed by atoms with Gasteiger partial charge in [-0.1, -0.05) is 71.8 Å². The molecule has 0 fully saturated rings. The van der Waals surface area contributed by atoms with E-state index in [0.717, 1.165) is 0 Å². The summed E-state index contributed by atoms with van der Waals surface area (Å²) in [6.07, 6.45) is 16.1. The van der Waals surface area contributed by atoms with Crippen LogP contribution in [0.3, 0.4) is 0 Å². The summed E-state index contributed by atoms with van der Waals surface area (Å²) in [6, 6.07) is 6.40. The zero-order valence-corrected chi connectivity index (χ0v) is 14.6. The molecule has 0 bridgehead atoms. The molecule has 2 nitrogen and oxygen atoms in total. The summed E-state index contributed by atoms with van der Waals surface area (Å²) in [4.78, 5) is 0. The van der Waals surface area contributed by atoms with E-state index in [0.29, 0.717) is 0 Å². The minimum Gasteiger partial charge on any atom is -0.241 e. The van der Waals surface area contributed by atoms with Gasteiger partial charge in [0.05, 0.1) is 11.7 Å². The number of unbranched alkanes of at least 4 members (excludes halogenated alkanes) is 5. The zero-order chi connectivity index (χ0) is 15.8. The average Bonchev–Trinajstić information content (AvgIpc) is 2.97. The quantitative estimate of drug-likeness (QED) is 0.481. The monoisotopic (exact) mass is 300 g/mol. The van der Waals surface area contributed by atoms with Crippen molar-refractivity contribution in [2.75, 3.05) is 0 Å². The van der Waals surface area contributed by atoms with E-state index in [1.165, 1.54) is 68.9 Å². The molecular formula is C20H32N2. The third kappa shape index (κ3) is 4.12. The summed E-state index contributed by atoms with van der Waals surface area (Å²) in [7, 11) is 0. The number of rotatable bonds is 10. The van der Waals surface area contributed by atoms with Crippen LogP contribution in [0.15, 0.2) is 30.6 Å². The highest BCUT2D eigenvalue weighted by molar-refractivity contribution is 5.56. The average molecular weight is 300 g/mol. The molecule has 0 aliphatic heterocycles. The van der Waals surface area contributed by atoms with Gasteiger partial charge in [-0.3, -0.25) is 0 Å². The first-order valence-electron chi connectivity index (χ1n) is 9.14. The third-order valence-corrected chi connectivity index (χ3v) is 4.99. The fourth-order valence-corrected chi connectivity index (χ4v) is 3.50. The summed E-state index contributed by atoms with van der Waals surface area (Å²) in [5.74, 6) is 0. The van der Waals surface area contributed by atoms with Crippen molar-refractivity contribution in [1.29, 1.82) is 0 Å². The van der Waals surface area contributed by atoms with Crippen molar-refractivity contribution in [3.8, 4) is 0 Å². The van der Waals surface area contributed by atoms with Crippen LogP contribution >= 0.6 is 0 Å². The van der Waals surface area contributed by atoms with Crippen LogP contribution in [0.25, 0.3) is 5.52 Å². The largest absolute Gasteiger partial charge is 0.241 e. The van der Waals surface area contributed by atoms with E-state index in [1.807, 2.05) is 4.52 Å². The van der Waals surface area contributed by atoms with Gasteiger partial charge in [-0.05, 0) is 30.4 Å². The lowest BCUT2D eigenvalue weighted by molar-refractivity contribution is 0.368. The predicted octanol–water partition coefficient (Wildman–Crippen LogP) is 6.14. The lowest BCUT2D eigenvalue weighted by Gasteiger charge is -2.29. The number of aromatic nitrogens is 2. The third-order valence-electron chi connectivity index (χ3n) is 4.99. The van der Waals surface area contributed by atoms with E-state index in [4.69, 9.17) is 0 Å². The second kappa shape index (κ2) is 8.36. The van der Waals surface area contributed by atoms with Crippen LogP contribution in [0.2, 0.25) is 0 Å². The summed E-state index contributed by atoms with van der Waals surface area (Å²) < 4.78 is 2.03. The highest BCUT2D eigenvalue weighted by Gasteiger charge is 2.28. The molecule has 2 aromatic rings. The van der Waals surface area contributed by atoms with Gasteiger partial charge in [0.25, 0.3) is 0 Å². The summed E-state index contributed by atoms with van der Waals surface area (Å²) in [5.41, 5.74) is 3.00. The van der Waals surface area contributed by atoms with Crippen molar-refractivity contribution in [3.63, 3.8) is 0 Å². The normalized spacial score (nSPS) is 14.3. The van der Waals surface area contributed by atoms with Gasteiger partial charge < -0.3 is 0 Å². The molecular weight excluding hydrogens is 268 g/mol. The van der Waals surface area contributed by atoms with Gasteiger partial charge in [-0.2, -0.15) is 5.10 Å². The van der Waals surface area contributed by atoms with Gasteiger partial charge in [0.15, 0.2) is 0 Å². The molecule has 0 aliphatic rings. The van der Waals surface area contributed by atoms with Gasteiger partial charge in [0.1, 0.15) is 0 Å². The number of pyridine rings is 1. The maximum Gasteiger partial charge on any atom is 0.0699 e. The number of hydrogen-bond acceptors (Lipinski definition) is 1. The molecule has 0 aromatic carbocycles. The van der Waals surface area contributed by atoms with Gasteiger partial charge in [0, 0.05) is 11.8 Å². The molecule has 0 amide bonds. The van der Waals surface area contributed by atoms with E-state index >= 15 is 0 Å². The van der Waals surface area contributed by atoms with Crippen LogP contribution in [-0.2, 0) is 5.41 Å². The van der Waals surface area contributed by atoms with E-state index in [2.05, 4.69) is 56.5 Å². The Bertz CT molecular complexity index is 558. The first kappa shape index (κ1) is 17.1. The Morgan fingerprint density at radius 1 is 0.955 bits per heavy atom. The molecule has 2 rings (SSSR count). The number of nitrogens with zero attached hydrogens (tertiary/aromatic N) is 2. The second-order valence-electron chi connectivity index (χ2n) is 6.92. The van der Waals surface area contributed by atoms with Crippen LogP contribution in [0, 0.1) is 0 Å². The maximum atomic E-state index is 4.57. The Kier molecular flexibility index (Phi) is 6.48. The van der Waals surface area contributed by atoms with Gasteiger partial charge in [0.2, 0.25) is 0 Å². The summed E-state index contributed by atoms with van der Waals surface area (Å²) in [6.45, 7) is 7.03. The molecule has 2 heteroatoms. The minimum atomic E-state index is 0.270. The molecule has 1 atom stereocenters. The highest BCUT2D eigenvalue weighted by Crippen LogP contribution is 2.37. The van der Waals surface area contributed by atoms with Crippen LogP contribution in [0.4, 0.5) is 0 Å². The fraction of sp³-hybridized carbons (Fsp3) is 0.650. The predicted molar refractivity (Wildman–Crippen MR) is 95.4 cm³/mol. The molecule has 0 radical (unpaired) electrons. The van der Waals surface area contributed by atoms with E-state index in [1.54, 1.807) is 0 Å². The second-order valence-corrected chi connectivity index (χ2v) is 6.92. The zero-order valence-electron chi connectivity index (χ0n) is 14.6. The van der Waals surface area contributed by atoms with E-state index in [9.17, 15) is 0 Å². The van der Waals surface area contributed by atoms with Gasteiger partial charge >= 0.3 is 0 Å². The molecule has 22 heavy (non-hydrogen) atoms. The molecule has 2 aromatic heterocycles. The van der Waals surface area contributed by atoms with Gasteiger partial charge in [-0.25, -0.2) is 4.52 Å². The molecule has 122 valence electrons. The van der Waals surface area contributed by atoms with Crippen molar-refractivity contribution in [2.45, 2.75) is 84.0 Å². The van der Waals surface area contributed by atoms with Crippen LogP contribution in [0.5, 0.6) is 0 Å². The number of hydrogen-bond donors (Lipinski definition) is 0.